The van der Waals surface area contributed by atoms with Crippen LogP contribution in [-0.2, 0) is 4.74 Å². The van der Waals surface area contributed by atoms with Gasteiger partial charge in [-0.3, -0.25) is 10.1 Å². The first-order valence-corrected chi connectivity index (χ1v) is 10.1. The van der Waals surface area contributed by atoms with E-state index in [9.17, 15) is 14.9 Å². The fraction of sp³-hybridized carbons (Fsp3) is 0.160. The number of amides is 1. The number of non-ortho nitro benzene ring substituents is 1. The average molecular weight is 414 g/mol. The number of nitrogens with zero attached hydrogens (tertiary/aromatic N) is 1. The van der Waals surface area contributed by atoms with Gasteiger partial charge in [0.15, 0.2) is 0 Å². The highest BCUT2D eigenvalue weighted by Gasteiger charge is 2.28. The van der Waals surface area contributed by atoms with Crippen molar-refractivity contribution in [3.63, 3.8) is 0 Å². The Bertz CT molecular complexity index is 1080. The van der Waals surface area contributed by atoms with Crippen molar-refractivity contribution >= 4 is 17.9 Å². The molecule has 1 aliphatic carbocycles. The highest BCUT2D eigenvalue weighted by molar-refractivity contribution is 5.79. The topological polar surface area (TPSA) is 81.5 Å². The van der Waals surface area contributed by atoms with Gasteiger partial charge in [-0.2, -0.15) is 0 Å². The number of nitro benzene ring substituents is 1. The third kappa shape index (κ3) is 4.64. The molecular weight excluding hydrogens is 392 g/mol. The predicted molar refractivity (Wildman–Crippen MR) is 120 cm³/mol. The average Bonchev–Trinajstić information content (AvgIpc) is 3.11. The van der Waals surface area contributed by atoms with Gasteiger partial charge in [0, 0.05) is 24.6 Å². The van der Waals surface area contributed by atoms with Gasteiger partial charge in [-0.1, -0.05) is 60.7 Å². The molecule has 1 aliphatic rings. The molecule has 0 radical (unpaired) electrons. The van der Waals surface area contributed by atoms with E-state index >= 15 is 0 Å². The largest absolute Gasteiger partial charge is 0.449 e. The molecule has 1 amide bonds. The number of fused-ring (bicyclic) bond motifs is 3. The van der Waals surface area contributed by atoms with E-state index in [0.29, 0.717) is 19.6 Å². The number of nitro groups is 1. The molecular formula is C25H22N2O4. The summed E-state index contributed by atoms with van der Waals surface area (Å²) in [7, 11) is 0. The molecule has 0 fully saturated rings. The molecule has 6 heteroatoms. The van der Waals surface area contributed by atoms with Crippen LogP contribution >= 0.6 is 0 Å². The van der Waals surface area contributed by atoms with Gasteiger partial charge in [-0.15, -0.1) is 0 Å². The van der Waals surface area contributed by atoms with Crippen LogP contribution in [0.1, 0.15) is 29.0 Å². The fourth-order valence-electron chi connectivity index (χ4n) is 3.83. The quantitative estimate of drug-likeness (QED) is 0.313. The molecule has 3 aromatic rings. The number of hydrogen-bond donors (Lipinski definition) is 1. The van der Waals surface area contributed by atoms with Crippen molar-refractivity contribution < 1.29 is 14.5 Å². The van der Waals surface area contributed by atoms with Crippen molar-refractivity contribution in [1.29, 1.82) is 0 Å². The number of carbonyl (C=O) groups is 1. The third-order valence-electron chi connectivity index (χ3n) is 5.34. The molecule has 0 saturated heterocycles. The van der Waals surface area contributed by atoms with Gasteiger partial charge in [-0.05, 0) is 46.4 Å². The molecule has 0 saturated carbocycles. The van der Waals surface area contributed by atoms with E-state index < -0.39 is 11.0 Å². The predicted octanol–water partition coefficient (Wildman–Crippen LogP) is 5.54. The first-order chi connectivity index (χ1) is 15.1. The number of ether oxygens (including phenoxy) is 1. The summed E-state index contributed by atoms with van der Waals surface area (Å²) in [5.74, 6) is 0.0418. The Labute approximate surface area is 180 Å². The minimum absolute atomic E-state index is 0.0418. The summed E-state index contributed by atoms with van der Waals surface area (Å²) in [6.45, 7) is 0.735. The molecule has 0 heterocycles. The molecule has 0 spiro atoms. The molecule has 0 bridgehead atoms. The summed E-state index contributed by atoms with van der Waals surface area (Å²) in [6, 6.07) is 22.8. The number of rotatable bonds is 7. The van der Waals surface area contributed by atoms with Crippen LogP contribution in [0.25, 0.3) is 17.2 Å². The summed E-state index contributed by atoms with van der Waals surface area (Å²) in [5, 5.41) is 13.4. The Morgan fingerprint density at radius 1 is 0.968 bits per heavy atom. The van der Waals surface area contributed by atoms with Crippen molar-refractivity contribution in [1.82, 2.24) is 5.32 Å². The van der Waals surface area contributed by atoms with E-state index in [1.54, 1.807) is 12.1 Å². The Balaban J connectivity index is 1.25. The maximum absolute atomic E-state index is 12.1. The summed E-state index contributed by atoms with van der Waals surface area (Å²) in [6.07, 6.45) is 3.96. The fourth-order valence-corrected chi connectivity index (χ4v) is 3.83. The molecule has 3 aromatic carbocycles. The second-order valence-corrected chi connectivity index (χ2v) is 7.29. The van der Waals surface area contributed by atoms with E-state index in [0.717, 1.165) is 5.56 Å². The van der Waals surface area contributed by atoms with Crippen LogP contribution in [0.4, 0.5) is 10.5 Å². The lowest BCUT2D eigenvalue weighted by molar-refractivity contribution is -0.384. The molecule has 1 N–H and O–H groups in total. The SMILES string of the molecule is O=C(NCCC=Cc1ccc([N+](=O)[O-])cc1)OCC1c2ccccc2-c2ccccc21. The zero-order valence-corrected chi connectivity index (χ0v) is 16.9. The molecule has 31 heavy (non-hydrogen) atoms. The summed E-state index contributed by atoms with van der Waals surface area (Å²) >= 11 is 0. The monoisotopic (exact) mass is 414 g/mol. The van der Waals surface area contributed by atoms with Gasteiger partial charge in [0.05, 0.1) is 4.92 Å². The number of hydrogen-bond acceptors (Lipinski definition) is 4. The maximum atomic E-state index is 12.1. The molecule has 0 atom stereocenters. The van der Waals surface area contributed by atoms with Crippen molar-refractivity contribution in [2.75, 3.05) is 13.2 Å². The minimum Gasteiger partial charge on any atom is -0.449 e. The Kier molecular flexibility index (Phi) is 6.08. The zero-order valence-electron chi connectivity index (χ0n) is 16.9. The normalized spacial score (nSPS) is 12.4. The van der Waals surface area contributed by atoms with E-state index in [-0.39, 0.29) is 11.6 Å². The van der Waals surface area contributed by atoms with Crippen LogP contribution in [0, 0.1) is 10.1 Å². The summed E-state index contributed by atoms with van der Waals surface area (Å²) in [5.41, 5.74) is 5.69. The minimum atomic E-state index is -0.439. The van der Waals surface area contributed by atoms with Crippen LogP contribution < -0.4 is 5.32 Å². The van der Waals surface area contributed by atoms with Gasteiger partial charge < -0.3 is 10.1 Å². The molecule has 0 aromatic heterocycles. The maximum Gasteiger partial charge on any atom is 0.407 e. The first kappa shape index (κ1) is 20.3. The van der Waals surface area contributed by atoms with Crippen molar-refractivity contribution in [3.8, 4) is 11.1 Å². The number of benzene rings is 3. The highest BCUT2D eigenvalue weighted by Crippen LogP contribution is 2.44. The molecule has 156 valence electrons. The lowest BCUT2D eigenvalue weighted by Crippen LogP contribution is -2.26. The van der Waals surface area contributed by atoms with Crippen molar-refractivity contribution in [3.05, 3.63) is 106 Å². The number of nitrogens with one attached hydrogen (secondary N) is 1. The Hall–Kier alpha value is -3.93. The van der Waals surface area contributed by atoms with Crippen molar-refractivity contribution in [2.45, 2.75) is 12.3 Å². The van der Waals surface area contributed by atoms with Gasteiger partial charge in [0.25, 0.3) is 5.69 Å². The Morgan fingerprint density at radius 3 is 2.19 bits per heavy atom. The van der Waals surface area contributed by atoms with Crippen LogP contribution in [0.15, 0.2) is 78.9 Å². The van der Waals surface area contributed by atoms with E-state index in [2.05, 4.69) is 29.6 Å². The van der Waals surface area contributed by atoms with Crippen LogP contribution in [0.5, 0.6) is 0 Å². The van der Waals surface area contributed by atoms with Gasteiger partial charge in [0.2, 0.25) is 0 Å². The molecule has 0 aliphatic heterocycles. The van der Waals surface area contributed by atoms with Crippen LogP contribution in [0.3, 0.4) is 0 Å². The van der Waals surface area contributed by atoms with Gasteiger partial charge >= 0.3 is 6.09 Å². The molecule has 0 unspecified atom stereocenters. The number of carbonyl (C=O) groups excluding carboxylic acids is 1. The van der Waals surface area contributed by atoms with Crippen LogP contribution in [-0.4, -0.2) is 24.2 Å². The first-order valence-electron chi connectivity index (χ1n) is 10.1. The molecule has 6 nitrogen and oxygen atoms in total. The summed E-state index contributed by atoms with van der Waals surface area (Å²) < 4.78 is 5.50. The highest BCUT2D eigenvalue weighted by atomic mass is 16.6. The Morgan fingerprint density at radius 2 is 1.58 bits per heavy atom. The lowest BCUT2D eigenvalue weighted by atomic mass is 9.98. The van der Waals surface area contributed by atoms with Crippen molar-refractivity contribution in [2.24, 2.45) is 0 Å². The van der Waals surface area contributed by atoms with E-state index in [1.165, 1.54) is 34.4 Å². The van der Waals surface area contributed by atoms with Crippen LogP contribution in [0.2, 0.25) is 0 Å². The van der Waals surface area contributed by atoms with E-state index in [1.807, 2.05) is 36.4 Å². The van der Waals surface area contributed by atoms with Gasteiger partial charge in [0.1, 0.15) is 6.61 Å². The smallest absolute Gasteiger partial charge is 0.407 e. The lowest BCUT2D eigenvalue weighted by Gasteiger charge is -2.14. The second-order valence-electron chi connectivity index (χ2n) is 7.29. The van der Waals surface area contributed by atoms with Gasteiger partial charge in [-0.25, -0.2) is 4.79 Å². The standard InChI is InChI=1S/C25H22N2O4/c28-25(26-16-6-5-7-18-12-14-19(15-13-18)27(29)30)31-17-24-22-10-3-1-8-20(22)21-9-2-4-11-23(21)24/h1-5,7-15,24H,6,16-17H2,(H,26,28). The zero-order chi connectivity index (χ0) is 21.6. The second kappa shape index (κ2) is 9.26. The molecule has 4 rings (SSSR count). The van der Waals surface area contributed by atoms with E-state index in [4.69, 9.17) is 4.74 Å². The third-order valence-corrected chi connectivity index (χ3v) is 5.34. The summed E-state index contributed by atoms with van der Waals surface area (Å²) in [4.78, 5) is 22.4. The number of alkyl carbamates (subject to hydrolysis) is 1.